The van der Waals surface area contributed by atoms with E-state index in [4.69, 9.17) is 5.11 Å². The van der Waals surface area contributed by atoms with Crippen LogP contribution in [0.25, 0.3) is 0 Å². The van der Waals surface area contributed by atoms with E-state index in [-0.39, 0.29) is 6.61 Å². The van der Waals surface area contributed by atoms with Gasteiger partial charge in [0.2, 0.25) is 0 Å². The van der Waals surface area contributed by atoms with Gasteiger partial charge in [-0.3, -0.25) is 0 Å². The molecule has 1 fully saturated rings. The summed E-state index contributed by atoms with van der Waals surface area (Å²) in [5.74, 6) is 0. The van der Waals surface area contributed by atoms with E-state index in [9.17, 15) is 0 Å². The van der Waals surface area contributed by atoms with E-state index in [1.807, 2.05) is 6.08 Å². The molecule has 0 saturated heterocycles. The van der Waals surface area contributed by atoms with Gasteiger partial charge in [-0.15, -0.1) is 0 Å². The highest BCUT2D eigenvalue weighted by Gasteiger charge is 2.30. The number of allylic oxidation sites excluding steroid dienone is 1. The van der Waals surface area contributed by atoms with Crippen LogP contribution < -0.4 is 5.32 Å². The van der Waals surface area contributed by atoms with E-state index >= 15 is 0 Å². The predicted octanol–water partition coefficient (Wildman–Crippen LogP) is 4.23. The zero-order valence-corrected chi connectivity index (χ0v) is 13.2. The van der Waals surface area contributed by atoms with Crippen LogP contribution in [0.3, 0.4) is 0 Å². The molecule has 0 heterocycles. The molecule has 0 spiro atoms. The molecule has 1 aliphatic carbocycles. The van der Waals surface area contributed by atoms with Crippen molar-refractivity contribution in [2.24, 2.45) is 5.41 Å². The first kappa shape index (κ1) is 16.3. The third-order valence-corrected chi connectivity index (χ3v) is 4.82. The van der Waals surface area contributed by atoms with E-state index in [0.717, 1.165) is 13.0 Å². The lowest BCUT2D eigenvalue weighted by atomic mass is 9.71. The average molecular weight is 287 g/mol. The molecular formula is C19H29NO. The van der Waals surface area contributed by atoms with Crippen LogP contribution in [-0.2, 0) is 0 Å². The zero-order valence-electron chi connectivity index (χ0n) is 13.2. The fraction of sp³-hybridized carbons (Fsp3) is 0.579. The third-order valence-electron chi connectivity index (χ3n) is 4.82. The second-order valence-corrected chi connectivity index (χ2v) is 6.43. The van der Waals surface area contributed by atoms with E-state index in [2.05, 4.69) is 48.6 Å². The second-order valence-electron chi connectivity index (χ2n) is 6.43. The molecule has 0 radical (unpaired) electrons. The van der Waals surface area contributed by atoms with Crippen LogP contribution in [0.15, 0.2) is 42.5 Å². The van der Waals surface area contributed by atoms with Crippen LogP contribution in [-0.4, -0.2) is 18.3 Å². The molecule has 2 heteroatoms. The van der Waals surface area contributed by atoms with Crippen molar-refractivity contribution in [1.82, 2.24) is 5.32 Å². The Morgan fingerprint density at radius 2 is 1.86 bits per heavy atom. The highest BCUT2D eigenvalue weighted by molar-refractivity contribution is 5.18. The molecule has 0 bridgehead atoms. The quantitative estimate of drug-likeness (QED) is 0.736. The first-order chi connectivity index (χ1) is 10.3. The lowest BCUT2D eigenvalue weighted by Crippen LogP contribution is -2.37. The fourth-order valence-corrected chi connectivity index (χ4v) is 3.39. The van der Waals surface area contributed by atoms with Crippen molar-refractivity contribution in [2.75, 3.05) is 13.2 Å². The number of rotatable bonds is 7. The minimum Gasteiger partial charge on any atom is -0.392 e. The van der Waals surface area contributed by atoms with E-state index in [0.29, 0.717) is 11.5 Å². The summed E-state index contributed by atoms with van der Waals surface area (Å²) in [5.41, 5.74) is 1.74. The maximum atomic E-state index is 8.94. The van der Waals surface area contributed by atoms with Gasteiger partial charge in [-0.1, -0.05) is 61.7 Å². The van der Waals surface area contributed by atoms with Crippen molar-refractivity contribution < 1.29 is 5.11 Å². The average Bonchev–Trinajstić information content (AvgIpc) is 2.55. The van der Waals surface area contributed by atoms with Gasteiger partial charge in [-0.05, 0) is 37.2 Å². The monoisotopic (exact) mass is 287 g/mol. The highest BCUT2D eigenvalue weighted by atomic mass is 16.2. The summed E-state index contributed by atoms with van der Waals surface area (Å²) in [4.78, 5) is 0. The largest absolute Gasteiger partial charge is 0.392 e. The molecule has 1 aliphatic rings. The lowest BCUT2D eigenvalue weighted by Gasteiger charge is -2.38. The molecular weight excluding hydrogens is 258 g/mol. The molecule has 21 heavy (non-hydrogen) atoms. The van der Waals surface area contributed by atoms with Crippen molar-refractivity contribution in [3.63, 3.8) is 0 Å². The zero-order chi connectivity index (χ0) is 15.0. The summed E-state index contributed by atoms with van der Waals surface area (Å²) in [6, 6.07) is 11.1. The summed E-state index contributed by atoms with van der Waals surface area (Å²) in [5, 5.41) is 12.7. The minimum absolute atomic E-state index is 0.157. The van der Waals surface area contributed by atoms with Crippen LogP contribution in [0.4, 0.5) is 0 Å². The molecule has 0 aromatic heterocycles. The Hall–Kier alpha value is -1.12. The van der Waals surface area contributed by atoms with Crippen LogP contribution in [0.5, 0.6) is 0 Å². The number of nitrogens with one attached hydrogen (secondary N) is 1. The fourth-order valence-electron chi connectivity index (χ4n) is 3.39. The van der Waals surface area contributed by atoms with Gasteiger partial charge in [0.25, 0.3) is 0 Å². The number of hydrogen-bond donors (Lipinski definition) is 2. The molecule has 1 unspecified atom stereocenters. The molecule has 1 atom stereocenters. The van der Waals surface area contributed by atoms with Gasteiger partial charge in [0.1, 0.15) is 0 Å². The van der Waals surface area contributed by atoms with Crippen molar-refractivity contribution >= 4 is 0 Å². The Bertz CT molecular complexity index is 420. The van der Waals surface area contributed by atoms with Gasteiger partial charge in [0, 0.05) is 12.6 Å². The minimum atomic E-state index is 0.157. The summed E-state index contributed by atoms with van der Waals surface area (Å²) >= 11 is 0. The van der Waals surface area contributed by atoms with Gasteiger partial charge < -0.3 is 10.4 Å². The van der Waals surface area contributed by atoms with Gasteiger partial charge in [0.05, 0.1) is 6.61 Å². The molecule has 116 valence electrons. The van der Waals surface area contributed by atoms with Gasteiger partial charge >= 0.3 is 0 Å². The van der Waals surface area contributed by atoms with Gasteiger partial charge in [0.15, 0.2) is 0 Å². The highest BCUT2D eigenvalue weighted by Crippen LogP contribution is 2.39. The van der Waals surface area contributed by atoms with E-state index in [1.165, 1.54) is 37.7 Å². The Morgan fingerprint density at radius 3 is 2.52 bits per heavy atom. The molecule has 2 rings (SSSR count). The van der Waals surface area contributed by atoms with Crippen LogP contribution in [0.1, 0.15) is 57.1 Å². The Kier molecular flexibility index (Phi) is 6.47. The number of benzene rings is 1. The van der Waals surface area contributed by atoms with Crippen LogP contribution >= 0.6 is 0 Å². The predicted molar refractivity (Wildman–Crippen MR) is 89.2 cm³/mol. The summed E-state index contributed by atoms with van der Waals surface area (Å²) in [7, 11) is 0. The molecule has 0 amide bonds. The first-order valence-corrected chi connectivity index (χ1v) is 8.30. The summed E-state index contributed by atoms with van der Waals surface area (Å²) in [6.45, 7) is 3.47. The van der Waals surface area contributed by atoms with Gasteiger partial charge in [-0.25, -0.2) is 0 Å². The maximum absolute atomic E-state index is 8.94. The topological polar surface area (TPSA) is 32.3 Å². The molecule has 2 nitrogen and oxygen atoms in total. The Labute approximate surface area is 129 Å². The van der Waals surface area contributed by atoms with Crippen molar-refractivity contribution in [3.8, 4) is 0 Å². The molecule has 1 aromatic carbocycles. The Morgan fingerprint density at radius 1 is 1.14 bits per heavy atom. The third kappa shape index (κ3) is 4.98. The standard InChI is InChI=1S/C19H29NO/c1-17(18-10-4-2-5-11-18)20-16-19(14-8-9-15-21)12-6-3-7-13-19/h2,4-5,8-11,17,20-21H,3,6-7,12-16H2,1H3/b9-8+. The first-order valence-electron chi connectivity index (χ1n) is 8.30. The normalized spacial score (nSPS) is 19.7. The molecule has 1 aromatic rings. The van der Waals surface area contributed by atoms with Crippen molar-refractivity contribution in [1.29, 1.82) is 0 Å². The SMILES string of the molecule is CC(NCC1(C/C=C/CO)CCCCC1)c1ccccc1. The second kappa shape index (κ2) is 8.35. The van der Waals surface area contributed by atoms with Crippen molar-refractivity contribution in [2.45, 2.75) is 51.5 Å². The number of hydrogen-bond acceptors (Lipinski definition) is 2. The van der Waals surface area contributed by atoms with Gasteiger partial charge in [-0.2, -0.15) is 0 Å². The van der Waals surface area contributed by atoms with E-state index < -0.39 is 0 Å². The summed E-state index contributed by atoms with van der Waals surface area (Å²) < 4.78 is 0. The Balaban J connectivity index is 1.93. The van der Waals surface area contributed by atoms with E-state index in [1.54, 1.807) is 0 Å². The number of aliphatic hydroxyl groups excluding tert-OH is 1. The number of aliphatic hydroxyl groups is 1. The van der Waals surface area contributed by atoms with Crippen LogP contribution in [0.2, 0.25) is 0 Å². The van der Waals surface area contributed by atoms with Crippen LogP contribution in [0, 0.1) is 5.41 Å². The smallest absolute Gasteiger partial charge is 0.0612 e. The molecule has 1 saturated carbocycles. The summed E-state index contributed by atoms with van der Waals surface area (Å²) in [6.07, 6.45) is 11.8. The lowest BCUT2D eigenvalue weighted by molar-refractivity contribution is 0.179. The maximum Gasteiger partial charge on any atom is 0.0612 e. The molecule has 2 N–H and O–H groups in total. The van der Waals surface area contributed by atoms with Crippen molar-refractivity contribution in [3.05, 3.63) is 48.0 Å². The molecule has 0 aliphatic heterocycles.